The normalized spacial score (nSPS) is 23.6. The Balaban J connectivity index is 2.18. The minimum Gasteiger partial charge on any atom is -0.407 e. The lowest BCUT2D eigenvalue weighted by atomic mass is 9.74. The highest BCUT2D eigenvalue weighted by Gasteiger charge is 2.42. The predicted molar refractivity (Wildman–Crippen MR) is 71.0 cm³/mol. The Hall–Kier alpha value is -1.28. The highest BCUT2D eigenvalue weighted by atomic mass is 19.4. The molecule has 2 aliphatic rings. The zero-order valence-corrected chi connectivity index (χ0v) is 12.2. The summed E-state index contributed by atoms with van der Waals surface area (Å²) in [6, 6.07) is 0. The van der Waals surface area contributed by atoms with Crippen molar-refractivity contribution in [2.24, 2.45) is 5.41 Å². The molecule has 0 N–H and O–H groups in total. The fourth-order valence-electron chi connectivity index (χ4n) is 2.16. The summed E-state index contributed by atoms with van der Waals surface area (Å²) < 4.78 is 49.6. The maximum Gasteiger partial charge on any atom is 0.491 e. The molecular formula is C13H17BF3NO3. The monoisotopic (exact) mass is 303 g/mol. The van der Waals surface area contributed by atoms with Crippen LogP contribution in [0.3, 0.4) is 0 Å². The van der Waals surface area contributed by atoms with Crippen molar-refractivity contribution < 1.29 is 27.3 Å². The summed E-state index contributed by atoms with van der Waals surface area (Å²) in [6.07, 6.45) is -2.44. The van der Waals surface area contributed by atoms with Crippen molar-refractivity contribution in [1.82, 2.24) is 4.90 Å². The van der Waals surface area contributed by atoms with Crippen LogP contribution < -0.4 is 0 Å². The third-order valence-corrected chi connectivity index (χ3v) is 3.31. The number of allylic oxidation sites excluding steroid dienone is 2. The van der Waals surface area contributed by atoms with E-state index < -0.39 is 24.8 Å². The Morgan fingerprint density at radius 3 is 2.38 bits per heavy atom. The van der Waals surface area contributed by atoms with E-state index in [2.05, 4.69) is 0 Å². The third kappa shape index (κ3) is 3.68. The Morgan fingerprint density at radius 1 is 1.29 bits per heavy atom. The van der Waals surface area contributed by atoms with E-state index in [1.807, 2.05) is 13.8 Å². The van der Waals surface area contributed by atoms with Gasteiger partial charge in [0.25, 0.3) is 5.91 Å². The molecule has 0 radical (unpaired) electrons. The molecule has 1 amide bonds. The van der Waals surface area contributed by atoms with Gasteiger partial charge in [-0.1, -0.05) is 19.9 Å². The fourth-order valence-corrected chi connectivity index (χ4v) is 2.16. The van der Waals surface area contributed by atoms with Crippen LogP contribution in [-0.2, 0) is 14.1 Å². The number of carbonyl (C=O) groups excluding carboxylic acids is 1. The van der Waals surface area contributed by atoms with Crippen LogP contribution in [0.4, 0.5) is 13.2 Å². The fraction of sp³-hybridized carbons (Fsp3) is 0.615. The molecule has 0 aromatic carbocycles. The molecule has 2 rings (SSSR count). The lowest BCUT2D eigenvalue weighted by Crippen LogP contribution is -2.42. The molecule has 0 aliphatic carbocycles. The SMILES string of the molecule is CN1C=C(B2OCC(C)(C)CO2)CC=C(C(F)(F)F)C1=O. The molecule has 0 atom stereocenters. The maximum absolute atomic E-state index is 12.8. The molecule has 2 aliphatic heterocycles. The van der Waals surface area contributed by atoms with E-state index in [0.717, 1.165) is 11.0 Å². The molecule has 2 heterocycles. The zero-order valence-electron chi connectivity index (χ0n) is 12.2. The molecule has 0 bridgehead atoms. The quantitative estimate of drug-likeness (QED) is 0.698. The van der Waals surface area contributed by atoms with Crippen LogP contribution in [0.25, 0.3) is 0 Å². The predicted octanol–water partition coefficient (Wildman–Crippen LogP) is 2.32. The van der Waals surface area contributed by atoms with Crippen molar-refractivity contribution in [3.63, 3.8) is 0 Å². The van der Waals surface area contributed by atoms with Gasteiger partial charge in [-0.25, -0.2) is 0 Å². The summed E-state index contributed by atoms with van der Waals surface area (Å²) in [5, 5.41) is 0. The summed E-state index contributed by atoms with van der Waals surface area (Å²) in [7, 11) is 0.581. The van der Waals surface area contributed by atoms with Crippen molar-refractivity contribution >= 4 is 13.0 Å². The number of nitrogens with zero attached hydrogens (tertiary/aromatic N) is 1. The van der Waals surface area contributed by atoms with Crippen LogP contribution in [0, 0.1) is 5.41 Å². The Morgan fingerprint density at radius 2 is 1.86 bits per heavy atom. The van der Waals surface area contributed by atoms with E-state index >= 15 is 0 Å². The summed E-state index contributed by atoms with van der Waals surface area (Å²) in [6.45, 7) is 4.84. The molecule has 0 aromatic rings. The maximum atomic E-state index is 12.8. The summed E-state index contributed by atoms with van der Waals surface area (Å²) >= 11 is 0. The first kappa shape index (κ1) is 16.1. The van der Waals surface area contributed by atoms with E-state index in [-0.39, 0.29) is 11.8 Å². The average Bonchev–Trinajstić information content (AvgIpc) is 2.49. The van der Waals surface area contributed by atoms with E-state index in [1.54, 1.807) is 0 Å². The van der Waals surface area contributed by atoms with E-state index in [1.165, 1.54) is 13.2 Å². The van der Waals surface area contributed by atoms with Gasteiger partial charge in [0.05, 0.1) is 0 Å². The van der Waals surface area contributed by atoms with Crippen molar-refractivity contribution in [1.29, 1.82) is 0 Å². The van der Waals surface area contributed by atoms with E-state index in [9.17, 15) is 18.0 Å². The number of halogens is 3. The first-order chi connectivity index (χ1) is 9.60. The number of rotatable bonds is 1. The van der Waals surface area contributed by atoms with Gasteiger partial charge in [0.1, 0.15) is 5.57 Å². The first-order valence-corrected chi connectivity index (χ1v) is 6.58. The largest absolute Gasteiger partial charge is 0.491 e. The number of likely N-dealkylation sites (N-methyl/N-ethyl adjacent to an activating group) is 1. The van der Waals surface area contributed by atoms with Gasteiger partial charge in [-0.3, -0.25) is 4.79 Å². The molecule has 1 saturated heterocycles. The van der Waals surface area contributed by atoms with Crippen LogP contribution in [-0.4, -0.2) is 44.4 Å². The van der Waals surface area contributed by atoms with Gasteiger partial charge in [0.15, 0.2) is 0 Å². The molecule has 8 heteroatoms. The van der Waals surface area contributed by atoms with Crippen molar-refractivity contribution in [2.75, 3.05) is 20.3 Å². The standard InChI is InChI=1S/C13H17BF3NO3/c1-12(2)7-20-14(21-8-12)9-4-5-10(13(15,16)17)11(19)18(3)6-9/h5-6H,4,7-8H2,1-3H3. The van der Waals surface area contributed by atoms with E-state index in [4.69, 9.17) is 9.31 Å². The summed E-state index contributed by atoms with van der Waals surface area (Å²) in [4.78, 5) is 12.7. The number of amides is 1. The molecule has 21 heavy (non-hydrogen) atoms. The Bertz CT molecular complexity index is 489. The average molecular weight is 303 g/mol. The third-order valence-electron chi connectivity index (χ3n) is 3.31. The highest BCUT2D eigenvalue weighted by molar-refractivity contribution is 6.54. The Kier molecular flexibility index (Phi) is 4.21. The number of hydrogen-bond donors (Lipinski definition) is 0. The smallest absolute Gasteiger partial charge is 0.407 e. The van der Waals surface area contributed by atoms with Gasteiger partial charge in [-0.2, -0.15) is 13.2 Å². The van der Waals surface area contributed by atoms with Gasteiger partial charge < -0.3 is 14.2 Å². The van der Waals surface area contributed by atoms with Crippen LogP contribution in [0.15, 0.2) is 23.3 Å². The number of alkyl halides is 3. The van der Waals surface area contributed by atoms with Crippen LogP contribution in [0.2, 0.25) is 0 Å². The molecule has 0 saturated carbocycles. The van der Waals surface area contributed by atoms with Gasteiger partial charge >= 0.3 is 13.3 Å². The minimum absolute atomic E-state index is 0.0317. The summed E-state index contributed by atoms with van der Waals surface area (Å²) in [5.41, 5.74) is -0.788. The minimum atomic E-state index is -4.66. The number of carbonyl (C=O) groups is 1. The topological polar surface area (TPSA) is 38.8 Å². The second-order valence-corrected chi connectivity index (χ2v) is 6.06. The second kappa shape index (κ2) is 5.49. The molecule has 0 unspecified atom stereocenters. The van der Waals surface area contributed by atoms with Gasteiger partial charge in [-0.15, -0.1) is 0 Å². The highest BCUT2D eigenvalue weighted by Crippen LogP contribution is 2.32. The molecule has 0 aromatic heterocycles. The molecule has 4 nitrogen and oxygen atoms in total. The van der Waals surface area contributed by atoms with Crippen LogP contribution in [0.5, 0.6) is 0 Å². The summed E-state index contributed by atoms with van der Waals surface area (Å²) in [5.74, 6) is -1.08. The first-order valence-electron chi connectivity index (χ1n) is 6.58. The van der Waals surface area contributed by atoms with Crippen molar-refractivity contribution in [3.8, 4) is 0 Å². The van der Waals surface area contributed by atoms with Crippen molar-refractivity contribution in [2.45, 2.75) is 26.4 Å². The van der Waals surface area contributed by atoms with Crippen LogP contribution >= 0.6 is 0 Å². The van der Waals surface area contributed by atoms with Crippen LogP contribution in [0.1, 0.15) is 20.3 Å². The lowest BCUT2D eigenvalue weighted by Gasteiger charge is -2.33. The Labute approximate surface area is 121 Å². The molecule has 116 valence electrons. The lowest BCUT2D eigenvalue weighted by molar-refractivity contribution is -0.136. The van der Waals surface area contributed by atoms with Gasteiger partial charge in [0.2, 0.25) is 0 Å². The van der Waals surface area contributed by atoms with Gasteiger partial charge in [-0.05, 0) is 11.9 Å². The molecular weight excluding hydrogens is 286 g/mol. The molecule has 1 fully saturated rings. The van der Waals surface area contributed by atoms with E-state index in [0.29, 0.717) is 18.7 Å². The van der Waals surface area contributed by atoms with Crippen molar-refractivity contribution in [3.05, 3.63) is 23.3 Å². The zero-order chi connectivity index (χ0) is 15.8. The second-order valence-electron chi connectivity index (χ2n) is 6.06. The number of hydrogen-bond acceptors (Lipinski definition) is 3. The molecule has 0 spiro atoms. The van der Waals surface area contributed by atoms with Gasteiger partial charge in [0, 0.05) is 31.9 Å².